The number of hydrogen-bond acceptors (Lipinski definition) is 5. The molecule has 2 aromatic rings. The Morgan fingerprint density at radius 2 is 2.00 bits per heavy atom. The fourth-order valence-electron chi connectivity index (χ4n) is 3.04. The first kappa shape index (κ1) is 18.8. The number of carbonyl (C=O) groups excluding carboxylic acids is 2. The number of aromatic amines is 1. The van der Waals surface area contributed by atoms with Crippen LogP contribution in [-0.4, -0.2) is 47.3 Å². The molecule has 2 amide bonds. The van der Waals surface area contributed by atoms with E-state index in [0.29, 0.717) is 24.5 Å². The molecular weight excluding hydrogens is 353 g/mol. The number of nitrogens with one attached hydrogen (secondary N) is 3. The third-order valence-electron chi connectivity index (χ3n) is 4.17. The van der Waals surface area contributed by atoms with Gasteiger partial charge in [-0.1, -0.05) is 0 Å². The monoisotopic (exact) mass is 375 g/mol. The SMILES string of the molecule is C[C@@H]1CN(c2ccc(NC(=O)C(=O)NCc3ccn[nH]3)cc2F)C[C@H](C)O1. The lowest BCUT2D eigenvalue weighted by molar-refractivity contribution is -0.136. The van der Waals surface area contributed by atoms with Crippen molar-refractivity contribution in [1.82, 2.24) is 15.5 Å². The topological polar surface area (TPSA) is 99.4 Å². The molecule has 1 aromatic carbocycles. The molecule has 3 rings (SSSR count). The van der Waals surface area contributed by atoms with Crippen LogP contribution < -0.4 is 15.5 Å². The molecule has 144 valence electrons. The molecule has 0 spiro atoms. The molecule has 2 heterocycles. The average Bonchev–Trinajstić information content (AvgIpc) is 3.12. The Labute approximate surface area is 156 Å². The van der Waals surface area contributed by atoms with E-state index in [4.69, 9.17) is 4.74 Å². The maximum atomic E-state index is 14.5. The van der Waals surface area contributed by atoms with Gasteiger partial charge in [-0.2, -0.15) is 5.10 Å². The molecule has 2 atom stereocenters. The lowest BCUT2D eigenvalue weighted by atomic mass is 10.2. The fourth-order valence-corrected chi connectivity index (χ4v) is 3.04. The van der Waals surface area contributed by atoms with Crippen molar-refractivity contribution in [3.05, 3.63) is 42.0 Å². The van der Waals surface area contributed by atoms with Crippen LogP contribution in [0.5, 0.6) is 0 Å². The highest BCUT2D eigenvalue weighted by Gasteiger charge is 2.24. The Bertz CT molecular complexity index is 801. The highest BCUT2D eigenvalue weighted by atomic mass is 19.1. The molecule has 3 N–H and O–H groups in total. The summed E-state index contributed by atoms with van der Waals surface area (Å²) >= 11 is 0. The van der Waals surface area contributed by atoms with Gasteiger partial charge in [0, 0.05) is 25.0 Å². The zero-order valence-corrected chi connectivity index (χ0v) is 15.2. The lowest BCUT2D eigenvalue weighted by Gasteiger charge is -2.37. The summed E-state index contributed by atoms with van der Waals surface area (Å²) in [6.07, 6.45) is 1.55. The molecular formula is C18H22FN5O3. The van der Waals surface area contributed by atoms with Crippen molar-refractivity contribution in [2.24, 2.45) is 0 Å². The molecule has 1 fully saturated rings. The molecule has 0 aliphatic carbocycles. The number of morpholine rings is 1. The zero-order chi connectivity index (χ0) is 19.4. The molecule has 0 unspecified atom stereocenters. The van der Waals surface area contributed by atoms with Crippen LogP contribution in [0.3, 0.4) is 0 Å². The van der Waals surface area contributed by atoms with Crippen LogP contribution in [-0.2, 0) is 20.9 Å². The van der Waals surface area contributed by atoms with Crippen LogP contribution in [0.2, 0.25) is 0 Å². The maximum Gasteiger partial charge on any atom is 0.313 e. The van der Waals surface area contributed by atoms with Gasteiger partial charge in [0.1, 0.15) is 5.82 Å². The first-order chi connectivity index (χ1) is 12.9. The van der Waals surface area contributed by atoms with E-state index in [9.17, 15) is 14.0 Å². The van der Waals surface area contributed by atoms with E-state index in [1.54, 1.807) is 24.4 Å². The molecule has 9 heteroatoms. The predicted molar refractivity (Wildman–Crippen MR) is 97.7 cm³/mol. The van der Waals surface area contributed by atoms with Crippen LogP contribution in [0.25, 0.3) is 0 Å². The molecule has 0 saturated carbocycles. The van der Waals surface area contributed by atoms with Crippen molar-refractivity contribution >= 4 is 23.2 Å². The van der Waals surface area contributed by atoms with Crippen LogP contribution in [0.1, 0.15) is 19.5 Å². The number of halogens is 1. The van der Waals surface area contributed by atoms with Crippen LogP contribution in [0.4, 0.5) is 15.8 Å². The number of anilines is 2. The van der Waals surface area contributed by atoms with Gasteiger partial charge in [0.05, 0.1) is 30.1 Å². The second-order valence-corrected chi connectivity index (χ2v) is 6.55. The van der Waals surface area contributed by atoms with Crippen molar-refractivity contribution in [1.29, 1.82) is 0 Å². The van der Waals surface area contributed by atoms with Crippen LogP contribution in [0.15, 0.2) is 30.5 Å². The number of nitrogens with zero attached hydrogens (tertiary/aromatic N) is 2. The second-order valence-electron chi connectivity index (χ2n) is 6.55. The average molecular weight is 375 g/mol. The summed E-state index contributed by atoms with van der Waals surface area (Å²) in [6, 6.07) is 6.06. The molecule has 1 aliphatic rings. The highest BCUT2D eigenvalue weighted by Crippen LogP contribution is 2.26. The van der Waals surface area contributed by atoms with Gasteiger partial charge >= 0.3 is 11.8 Å². The lowest BCUT2D eigenvalue weighted by Crippen LogP contribution is -2.45. The summed E-state index contributed by atoms with van der Waals surface area (Å²) in [5.41, 5.74) is 1.33. The van der Waals surface area contributed by atoms with Crippen molar-refractivity contribution < 1.29 is 18.7 Å². The Kier molecular flexibility index (Phi) is 5.70. The van der Waals surface area contributed by atoms with Crippen molar-refractivity contribution in [3.63, 3.8) is 0 Å². The van der Waals surface area contributed by atoms with E-state index in [0.717, 1.165) is 0 Å². The third-order valence-corrected chi connectivity index (χ3v) is 4.17. The number of rotatable bonds is 4. The summed E-state index contributed by atoms with van der Waals surface area (Å²) in [7, 11) is 0. The third kappa shape index (κ3) is 4.82. The molecule has 27 heavy (non-hydrogen) atoms. The normalized spacial score (nSPS) is 19.6. The Morgan fingerprint density at radius 1 is 1.26 bits per heavy atom. The minimum absolute atomic E-state index is 0.00565. The maximum absolute atomic E-state index is 14.5. The minimum Gasteiger partial charge on any atom is -0.372 e. The van der Waals surface area contributed by atoms with E-state index in [-0.39, 0.29) is 24.4 Å². The van der Waals surface area contributed by atoms with Crippen molar-refractivity contribution in [2.45, 2.75) is 32.6 Å². The van der Waals surface area contributed by atoms with Crippen LogP contribution >= 0.6 is 0 Å². The van der Waals surface area contributed by atoms with Gasteiger partial charge in [-0.05, 0) is 38.1 Å². The van der Waals surface area contributed by atoms with Gasteiger partial charge in [-0.3, -0.25) is 14.7 Å². The molecule has 0 radical (unpaired) electrons. The molecule has 8 nitrogen and oxygen atoms in total. The largest absolute Gasteiger partial charge is 0.372 e. The second kappa shape index (κ2) is 8.17. The number of hydrogen-bond donors (Lipinski definition) is 3. The standard InChI is InChI=1S/C18H22FN5O3/c1-11-9-24(10-12(2)27-11)16-4-3-13(7-15(16)19)22-18(26)17(25)20-8-14-5-6-21-23-14/h3-7,11-12H,8-10H2,1-2H3,(H,20,25)(H,21,23)(H,22,26)/t11-,12+. The van der Waals surface area contributed by atoms with Gasteiger partial charge < -0.3 is 20.3 Å². The number of ether oxygens (including phenoxy) is 1. The number of H-pyrrole nitrogens is 1. The zero-order valence-electron chi connectivity index (χ0n) is 15.2. The number of amides is 2. The van der Waals surface area contributed by atoms with E-state index in [1.807, 2.05) is 18.7 Å². The molecule has 1 aromatic heterocycles. The van der Waals surface area contributed by atoms with E-state index in [2.05, 4.69) is 20.8 Å². The van der Waals surface area contributed by atoms with Gasteiger partial charge in [0.15, 0.2) is 0 Å². The predicted octanol–water partition coefficient (Wildman–Crippen LogP) is 1.42. The van der Waals surface area contributed by atoms with E-state index < -0.39 is 17.6 Å². The van der Waals surface area contributed by atoms with Crippen molar-refractivity contribution in [2.75, 3.05) is 23.3 Å². The number of carbonyl (C=O) groups is 2. The summed E-state index contributed by atoms with van der Waals surface area (Å²) in [6.45, 7) is 5.20. The summed E-state index contributed by atoms with van der Waals surface area (Å²) < 4.78 is 20.2. The quantitative estimate of drug-likeness (QED) is 0.702. The Hall–Kier alpha value is -2.94. The number of aromatic nitrogens is 2. The summed E-state index contributed by atoms with van der Waals surface area (Å²) in [5, 5.41) is 11.3. The van der Waals surface area contributed by atoms with E-state index >= 15 is 0 Å². The van der Waals surface area contributed by atoms with Gasteiger partial charge in [-0.15, -0.1) is 0 Å². The highest BCUT2D eigenvalue weighted by molar-refractivity contribution is 6.39. The Balaban J connectivity index is 1.59. The first-order valence-corrected chi connectivity index (χ1v) is 8.69. The smallest absolute Gasteiger partial charge is 0.313 e. The van der Waals surface area contributed by atoms with Crippen molar-refractivity contribution in [3.8, 4) is 0 Å². The summed E-state index contributed by atoms with van der Waals surface area (Å²) in [4.78, 5) is 25.7. The first-order valence-electron chi connectivity index (χ1n) is 8.69. The molecule has 0 bridgehead atoms. The van der Waals surface area contributed by atoms with Crippen LogP contribution in [0, 0.1) is 5.82 Å². The Morgan fingerprint density at radius 3 is 2.63 bits per heavy atom. The molecule has 1 saturated heterocycles. The summed E-state index contributed by atoms with van der Waals surface area (Å²) in [5.74, 6) is -2.15. The van der Waals surface area contributed by atoms with Gasteiger partial charge in [0.2, 0.25) is 0 Å². The minimum atomic E-state index is -0.865. The van der Waals surface area contributed by atoms with Gasteiger partial charge in [0.25, 0.3) is 0 Å². The van der Waals surface area contributed by atoms with E-state index in [1.165, 1.54) is 6.07 Å². The fraction of sp³-hybridized carbons (Fsp3) is 0.389. The van der Waals surface area contributed by atoms with Gasteiger partial charge in [-0.25, -0.2) is 4.39 Å². The number of benzene rings is 1. The molecule has 1 aliphatic heterocycles.